The summed E-state index contributed by atoms with van der Waals surface area (Å²) in [6.45, 7) is 18.9. The normalized spacial score (nSPS) is 18.1. The quantitative estimate of drug-likeness (QED) is 0.406. The highest BCUT2D eigenvalue weighted by atomic mass is 16.7. The van der Waals surface area contributed by atoms with Gasteiger partial charge >= 0.3 is 0 Å². The van der Waals surface area contributed by atoms with Crippen LogP contribution < -0.4 is 4.74 Å². The van der Waals surface area contributed by atoms with Gasteiger partial charge in [0.25, 0.3) is 0 Å². The smallest absolute Gasteiger partial charge is 0.200 e. The van der Waals surface area contributed by atoms with Crippen molar-refractivity contribution in [2.75, 3.05) is 13.2 Å². The average molecular weight is 393 g/mol. The van der Waals surface area contributed by atoms with E-state index < -0.39 is 0 Å². The Labute approximate surface area is 174 Å². The molecule has 0 radical (unpaired) electrons. The number of ether oxygens (including phenoxy) is 3. The summed E-state index contributed by atoms with van der Waals surface area (Å²) in [7, 11) is 0. The fourth-order valence-electron chi connectivity index (χ4n) is 3.52. The van der Waals surface area contributed by atoms with Crippen molar-refractivity contribution in [3.05, 3.63) is 29.8 Å². The van der Waals surface area contributed by atoms with Gasteiger partial charge < -0.3 is 14.2 Å². The van der Waals surface area contributed by atoms with Gasteiger partial charge in [-0.15, -0.1) is 0 Å². The number of benzene rings is 1. The first kappa shape index (κ1) is 25.0. The molecule has 1 aliphatic heterocycles. The van der Waals surface area contributed by atoms with Gasteiger partial charge in [-0.3, -0.25) is 0 Å². The molecule has 0 aliphatic carbocycles. The highest BCUT2D eigenvalue weighted by Crippen LogP contribution is 2.36. The maximum atomic E-state index is 6.24. The lowest BCUT2D eigenvalue weighted by Gasteiger charge is -2.34. The van der Waals surface area contributed by atoms with Crippen LogP contribution >= 0.6 is 0 Å². The topological polar surface area (TPSA) is 27.7 Å². The molecule has 2 rings (SSSR count). The molecule has 0 spiro atoms. The Kier molecular flexibility index (Phi) is 11.1. The van der Waals surface area contributed by atoms with Gasteiger partial charge in [-0.1, -0.05) is 67.5 Å². The third kappa shape index (κ3) is 8.96. The van der Waals surface area contributed by atoms with E-state index in [4.69, 9.17) is 14.2 Å². The molecule has 0 N–H and O–H groups in total. The van der Waals surface area contributed by atoms with Gasteiger partial charge in [0.2, 0.25) is 0 Å². The Balaban J connectivity index is 0.00000190. The molecule has 1 aliphatic rings. The van der Waals surface area contributed by atoms with Gasteiger partial charge in [-0.25, -0.2) is 0 Å². The van der Waals surface area contributed by atoms with Crippen molar-refractivity contribution >= 4 is 0 Å². The van der Waals surface area contributed by atoms with Crippen LogP contribution in [0.2, 0.25) is 0 Å². The second-order valence-electron chi connectivity index (χ2n) is 9.21. The first-order chi connectivity index (χ1) is 13.3. The third-order valence-corrected chi connectivity index (χ3v) is 4.94. The maximum Gasteiger partial charge on any atom is 0.200 e. The minimum absolute atomic E-state index is 0.0374. The van der Waals surface area contributed by atoms with Crippen molar-refractivity contribution in [2.45, 2.75) is 93.5 Å². The molecule has 0 saturated carbocycles. The fraction of sp³-hybridized carbons (Fsp3) is 0.760. The molecule has 1 aromatic carbocycles. The Morgan fingerprint density at radius 2 is 1.68 bits per heavy atom. The van der Waals surface area contributed by atoms with Gasteiger partial charge in [0.05, 0.1) is 12.7 Å². The third-order valence-electron chi connectivity index (χ3n) is 4.94. The van der Waals surface area contributed by atoms with E-state index in [1.54, 1.807) is 0 Å². The molecule has 0 aromatic heterocycles. The molecule has 1 saturated heterocycles. The lowest BCUT2D eigenvalue weighted by Crippen LogP contribution is -2.36. The number of hydrogen-bond donors (Lipinski definition) is 0. The molecule has 1 aromatic rings. The molecule has 2 unspecified atom stereocenters. The van der Waals surface area contributed by atoms with E-state index in [0.29, 0.717) is 24.5 Å². The molecular formula is C25H44O3. The standard InChI is InChI=1S/C23H38O3.C2H6/c1-17(2)14-19-9-11-20(12-10-19)26-22(25-16-18(3)4)15-23(5,6)21-8-7-13-24-21;1-2/h9-12,17-18,21-22H,7-8,13-16H2,1-6H3;1-2H3. The molecule has 3 heteroatoms. The van der Waals surface area contributed by atoms with Crippen molar-refractivity contribution < 1.29 is 14.2 Å². The number of hydrogen-bond acceptors (Lipinski definition) is 3. The Morgan fingerprint density at radius 3 is 2.18 bits per heavy atom. The minimum atomic E-state index is -0.243. The van der Waals surface area contributed by atoms with Crippen molar-refractivity contribution in [1.82, 2.24) is 0 Å². The van der Waals surface area contributed by atoms with Crippen molar-refractivity contribution in [3.8, 4) is 5.75 Å². The minimum Gasteiger partial charge on any atom is -0.465 e. The van der Waals surface area contributed by atoms with E-state index in [2.05, 4.69) is 65.8 Å². The van der Waals surface area contributed by atoms with Crippen molar-refractivity contribution in [1.29, 1.82) is 0 Å². The first-order valence-corrected chi connectivity index (χ1v) is 11.2. The van der Waals surface area contributed by atoms with Crippen LogP contribution in [-0.2, 0) is 15.9 Å². The summed E-state index contributed by atoms with van der Waals surface area (Å²) in [5.74, 6) is 2.03. The van der Waals surface area contributed by atoms with Gasteiger partial charge in [-0.05, 0) is 54.2 Å². The fourth-order valence-corrected chi connectivity index (χ4v) is 3.52. The predicted octanol–water partition coefficient (Wildman–Crippen LogP) is 6.88. The number of rotatable bonds is 10. The molecule has 2 atom stereocenters. The second-order valence-corrected chi connectivity index (χ2v) is 9.21. The van der Waals surface area contributed by atoms with E-state index >= 15 is 0 Å². The zero-order chi connectivity index (χ0) is 21.2. The van der Waals surface area contributed by atoms with Crippen molar-refractivity contribution in [3.63, 3.8) is 0 Å². The zero-order valence-electron chi connectivity index (χ0n) is 19.6. The van der Waals surface area contributed by atoms with Crippen LogP contribution in [0, 0.1) is 17.3 Å². The first-order valence-electron chi connectivity index (χ1n) is 11.2. The summed E-state index contributed by atoms with van der Waals surface area (Å²) in [6.07, 6.45) is 4.27. The Morgan fingerprint density at radius 1 is 1.04 bits per heavy atom. The van der Waals surface area contributed by atoms with E-state index in [0.717, 1.165) is 38.0 Å². The van der Waals surface area contributed by atoms with Gasteiger partial charge in [0.1, 0.15) is 5.75 Å². The zero-order valence-corrected chi connectivity index (χ0v) is 19.6. The summed E-state index contributed by atoms with van der Waals surface area (Å²) < 4.78 is 18.3. The maximum absolute atomic E-state index is 6.24. The molecular weight excluding hydrogens is 348 g/mol. The highest BCUT2D eigenvalue weighted by Gasteiger charge is 2.36. The molecule has 28 heavy (non-hydrogen) atoms. The van der Waals surface area contributed by atoms with Crippen LogP contribution in [0.3, 0.4) is 0 Å². The molecule has 0 bridgehead atoms. The monoisotopic (exact) mass is 392 g/mol. The molecule has 1 fully saturated rings. The summed E-state index contributed by atoms with van der Waals surface area (Å²) in [4.78, 5) is 0. The largest absolute Gasteiger partial charge is 0.465 e. The summed E-state index contributed by atoms with van der Waals surface area (Å²) in [5.41, 5.74) is 1.39. The summed E-state index contributed by atoms with van der Waals surface area (Å²) in [6, 6.07) is 8.48. The summed E-state index contributed by atoms with van der Waals surface area (Å²) >= 11 is 0. The SMILES string of the molecule is CC.CC(C)COC(CC(C)(C)C1CCCO1)Oc1ccc(CC(C)C)cc1. The van der Waals surface area contributed by atoms with Crippen LogP contribution in [0.15, 0.2) is 24.3 Å². The van der Waals surface area contributed by atoms with Gasteiger partial charge in [0, 0.05) is 13.0 Å². The van der Waals surface area contributed by atoms with Crippen LogP contribution in [0.25, 0.3) is 0 Å². The molecule has 0 amide bonds. The van der Waals surface area contributed by atoms with E-state index in [1.165, 1.54) is 5.56 Å². The van der Waals surface area contributed by atoms with Crippen molar-refractivity contribution in [2.24, 2.45) is 17.3 Å². The highest BCUT2D eigenvalue weighted by molar-refractivity contribution is 5.27. The summed E-state index contributed by atoms with van der Waals surface area (Å²) in [5, 5.41) is 0. The lowest BCUT2D eigenvalue weighted by molar-refractivity contribution is -0.124. The Bertz CT molecular complexity index is 513. The van der Waals surface area contributed by atoms with Crippen LogP contribution in [0.1, 0.15) is 80.2 Å². The molecule has 1 heterocycles. The molecule has 3 nitrogen and oxygen atoms in total. The van der Waals surface area contributed by atoms with Crippen LogP contribution in [-0.4, -0.2) is 25.6 Å². The Hall–Kier alpha value is -1.06. The van der Waals surface area contributed by atoms with Gasteiger partial charge in [0.15, 0.2) is 6.29 Å². The predicted molar refractivity (Wildman–Crippen MR) is 119 cm³/mol. The average Bonchev–Trinajstić information content (AvgIpc) is 3.18. The van der Waals surface area contributed by atoms with Crippen LogP contribution in [0.5, 0.6) is 5.75 Å². The van der Waals surface area contributed by atoms with E-state index in [-0.39, 0.29) is 11.7 Å². The van der Waals surface area contributed by atoms with E-state index in [9.17, 15) is 0 Å². The van der Waals surface area contributed by atoms with Crippen LogP contribution in [0.4, 0.5) is 0 Å². The van der Waals surface area contributed by atoms with Gasteiger partial charge in [-0.2, -0.15) is 0 Å². The lowest BCUT2D eigenvalue weighted by atomic mass is 9.81. The molecule has 162 valence electrons. The van der Waals surface area contributed by atoms with E-state index in [1.807, 2.05) is 13.8 Å². The second kappa shape index (κ2) is 12.5.